The topological polar surface area (TPSA) is 3.24 Å². The largest absolute Gasteiger partial charge is 0.310 e. The fraction of sp³-hybridized carbons (Fsp3) is 0.0133. The van der Waals surface area contributed by atoms with Crippen molar-refractivity contribution in [1.82, 2.24) is 0 Å². The van der Waals surface area contributed by atoms with E-state index >= 15 is 0 Å². The molecule has 0 spiro atoms. The van der Waals surface area contributed by atoms with E-state index in [-0.39, 0.29) is 0 Å². The molecule has 0 amide bonds. The Morgan fingerprint density at radius 2 is 0.632 bits per heavy atom. The number of nitrogens with zero attached hydrogens (tertiary/aromatic N) is 1. The van der Waals surface area contributed by atoms with Gasteiger partial charge in [-0.3, -0.25) is 0 Å². The van der Waals surface area contributed by atoms with Gasteiger partial charge in [-0.15, -0.1) is 0 Å². The zero-order valence-corrected chi connectivity index (χ0v) is 41.7. The van der Waals surface area contributed by atoms with Crippen molar-refractivity contribution in [3.05, 3.63) is 320 Å². The molecule has 2 aliphatic carbocycles. The quantitative estimate of drug-likeness (QED) is 0.139. The monoisotopic (exact) mass is 963 g/mol. The minimum absolute atomic E-state index is 0.706. The second-order valence-electron chi connectivity index (χ2n) is 20.2. The summed E-state index contributed by atoms with van der Waals surface area (Å²) in [5, 5.41) is 5.10. The first kappa shape index (κ1) is 43.7. The molecule has 354 valence electrons. The van der Waals surface area contributed by atoms with Crippen LogP contribution >= 0.6 is 0 Å². The molecule has 76 heavy (non-hydrogen) atoms. The van der Waals surface area contributed by atoms with E-state index in [0.717, 1.165) is 17.1 Å². The zero-order valence-electron chi connectivity index (χ0n) is 41.7. The van der Waals surface area contributed by atoms with Crippen LogP contribution in [0.5, 0.6) is 0 Å². The highest BCUT2D eigenvalue weighted by Crippen LogP contribution is 2.64. The van der Waals surface area contributed by atoms with E-state index in [4.69, 9.17) is 0 Å². The molecule has 13 aromatic rings. The standard InChI is InChI=1S/C75H49N/c1-7-24-50(25-8-1)54-32-21-38-58(46-54)76(59-39-22-33-55(47-59)51-26-9-2-10-27-51)60-44-45-63-67(48-60)75(56-34-15-5-16-35-56,57-36-17-6-18-37-57)68-49-66-71-64(72(63)68)42-23-43-65(71)73-69(52-28-11-3-12-29-52)61-40-19-20-41-62(61)70(74(66)73)53-30-13-4-14-31-53/h1-49H. The maximum Gasteiger partial charge on any atom is 0.0714 e. The molecule has 0 radical (unpaired) electrons. The van der Waals surface area contributed by atoms with Crippen molar-refractivity contribution in [3.63, 3.8) is 0 Å². The number of rotatable bonds is 9. The minimum atomic E-state index is -0.706. The van der Waals surface area contributed by atoms with E-state index in [1.165, 1.54) is 122 Å². The summed E-state index contributed by atoms with van der Waals surface area (Å²) >= 11 is 0. The molecule has 0 bridgehead atoms. The predicted molar refractivity (Wildman–Crippen MR) is 320 cm³/mol. The number of hydrogen-bond donors (Lipinski definition) is 0. The van der Waals surface area contributed by atoms with Gasteiger partial charge in [0.25, 0.3) is 0 Å². The lowest BCUT2D eigenvalue weighted by molar-refractivity contribution is 0.769. The van der Waals surface area contributed by atoms with Gasteiger partial charge in [0, 0.05) is 17.1 Å². The van der Waals surface area contributed by atoms with Gasteiger partial charge in [0.05, 0.1) is 5.41 Å². The Morgan fingerprint density at radius 1 is 0.224 bits per heavy atom. The summed E-state index contributed by atoms with van der Waals surface area (Å²) in [6, 6.07) is 110. The van der Waals surface area contributed by atoms with Crippen LogP contribution < -0.4 is 4.90 Å². The molecule has 1 nitrogen and oxygen atoms in total. The molecule has 0 atom stereocenters. The number of anilines is 3. The Balaban J connectivity index is 1.05. The Hall–Kier alpha value is -9.82. The van der Waals surface area contributed by atoms with Gasteiger partial charge in [-0.1, -0.05) is 255 Å². The zero-order chi connectivity index (χ0) is 50.2. The summed E-state index contributed by atoms with van der Waals surface area (Å²) in [7, 11) is 0. The predicted octanol–water partition coefficient (Wildman–Crippen LogP) is 20.1. The van der Waals surface area contributed by atoms with E-state index < -0.39 is 5.41 Å². The maximum atomic E-state index is 2.62. The van der Waals surface area contributed by atoms with Gasteiger partial charge < -0.3 is 4.90 Å². The van der Waals surface area contributed by atoms with Crippen LogP contribution in [0.2, 0.25) is 0 Å². The van der Waals surface area contributed by atoms with Crippen LogP contribution in [0, 0.1) is 0 Å². The molecular weight excluding hydrogens is 915 g/mol. The Labute approximate surface area is 443 Å². The summed E-state index contributed by atoms with van der Waals surface area (Å²) in [5.41, 5.74) is 25.0. The first-order chi connectivity index (χ1) is 37.7. The highest BCUT2D eigenvalue weighted by atomic mass is 15.1. The molecule has 0 fully saturated rings. The highest BCUT2D eigenvalue weighted by Gasteiger charge is 2.48. The van der Waals surface area contributed by atoms with Crippen molar-refractivity contribution in [1.29, 1.82) is 0 Å². The van der Waals surface area contributed by atoms with Crippen molar-refractivity contribution in [2.24, 2.45) is 0 Å². The van der Waals surface area contributed by atoms with Crippen molar-refractivity contribution in [2.45, 2.75) is 5.41 Å². The summed E-state index contributed by atoms with van der Waals surface area (Å²) in [5.74, 6) is 0. The fourth-order valence-corrected chi connectivity index (χ4v) is 13.1. The van der Waals surface area contributed by atoms with Crippen LogP contribution in [0.3, 0.4) is 0 Å². The Morgan fingerprint density at radius 3 is 1.14 bits per heavy atom. The van der Waals surface area contributed by atoms with Gasteiger partial charge in [0.15, 0.2) is 0 Å². The SMILES string of the molecule is c1ccc(-c2cccc(N(c3cccc(-c4ccccc4)c3)c3ccc4c(c3)C(c3ccccc3)(c3ccccc3)c3cc5c6c(cccc6c3-4)-c3c-5c(-c4ccccc4)c4ccccc4c3-c3ccccc3)c2)cc1. The van der Waals surface area contributed by atoms with Gasteiger partial charge in [-0.2, -0.15) is 0 Å². The molecule has 0 aromatic heterocycles. The van der Waals surface area contributed by atoms with E-state index in [0.29, 0.717) is 0 Å². The first-order valence-corrected chi connectivity index (χ1v) is 26.4. The van der Waals surface area contributed by atoms with Gasteiger partial charge in [0.1, 0.15) is 0 Å². The van der Waals surface area contributed by atoms with Crippen LogP contribution in [-0.2, 0) is 5.41 Å². The van der Waals surface area contributed by atoms with Gasteiger partial charge in [-0.25, -0.2) is 0 Å². The molecule has 2 aliphatic rings. The van der Waals surface area contributed by atoms with Crippen LogP contribution in [-0.4, -0.2) is 0 Å². The van der Waals surface area contributed by atoms with Crippen LogP contribution in [0.1, 0.15) is 22.3 Å². The number of hydrogen-bond acceptors (Lipinski definition) is 1. The normalized spacial score (nSPS) is 12.6. The molecule has 1 heteroatoms. The molecule has 0 saturated heterocycles. The average molecular weight is 964 g/mol. The summed E-state index contributed by atoms with van der Waals surface area (Å²) in [6.07, 6.45) is 0. The molecular formula is C75H49N. The second kappa shape index (κ2) is 17.7. The molecule has 0 aliphatic heterocycles. The van der Waals surface area contributed by atoms with Crippen molar-refractivity contribution in [3.8, 4) is 77.9 Å². The second-order valence-corrected chi connectivity index (χ2v) is 20.2. The van der Waals surface area contributed by atoms with Gasteiger partial charge >= 0.3 is 0 Å². The van der Waals surface area contributed by atoms with Crippen LogP contribution in [0.15, 0.2) is 297 Å². The van der Waals surface area contributed by atoms with Gasteiger partial charge in [0.2, 0.25) is 0 Å². The van der Waals surface area contributed by atoms with E-state index in [1.807, 2.05) is 0 Å². The lowest BCUT2D eigenvalue weighted by atomic mass is 9.67. The Bertz CT molecular complexity index is 4230. The highest BCUT2D eigenvalue weighted by molar-refractivity contribution is 6.29. The summed E-state index contributed by atoms with van der Waals surface area (Å²) in [4.78, 5) is 2.46. The van der Waals surface area contributed by atoms with E-state index in [9.17, 15) is 0 Å². The van der Waals surface area contributed by atoms with E-state index in [2.05, 4.69) is 302 Å². The third-order valence-corrected chi connectivity index (χ3v) is 16.2. The first-order valence-electron chi connectivity index (χ1n) is 26.4. The van der Waals surface area contributed by atoms with Crippen LogP contribution in [0.25, 0.3) is 99.4 Å². The number of fused-ring (bicyclic) bond motifs is 8. The molecule has 0 heterocycles. The van der Waals surface area contributed by atoms with Crippen molar-refractivity contribution in [2.75, 3.05) is 4.90 Å². The van der Waals surface area contributed by atoms with Crippen LogP contribution in [0.4, 0.5) is 17.1 Å². The maximum absolute atomic E-state index is 2.62. The summed E-state index contributed by atoms with van der Waals surface area (Å²) in [6.45, 7) is 0. The molecule has 0 unspecified atom stereocenters. The van der Waals surface area contributed by atoms with Crippen molar-refractivity contribution >= 4 is 38.6 Å². The Kier molecular flexibility index (Phi) is 10.2. The fourth-order valence-electron chi connectivity index (χ4n) is 13.1. The average Bonchev–Trinajstić information content (AvgIpc) is 4.16. The molecule has 13 aromatic carbocycles. The smallest absolute Gasteiger partial charge is 0.0714 e. The molecule has 0 N–H and O–H groups in total. The van der Waals surface area contributed by atoms with Gasteiger partial charge in [-0.05, 0) is 164 Å². The number of benzene rings is 13. The third-order valence-electron chi connectivity index (χ3n) is 16.2. The van der Waals surface area contributed by atoms with E-state index in [1.54, 1.807) is 0 Å². The summed E-state index contributed by atoms with van der Waals surface area (Å²) < 4.78 is 0. The lowest BCUT2D eigenvalue weighted by Crippen LogP contribution is -2.29. The molecule has 0 saturated carbocycles. The van der Waals surface area contributed by atoms with Crippen molar-refractivity contribution < 1.29 is 0 Å². The minimum Gasteiger partial charge on any atom is -0.310 e. The third kappa shape index (κ3) is 6.66. The molecule has 15 rings (SSSR count). The lowest BCUT2D eigenvalue weighted by Gasteiger charge is -2.35.